The second kappa shape index (κ2) is 5.03. The first-order valence-corrected chi connectivity index (χ1v) is 4.57. The van der Waals surface area contributed by atoms with Crippen molar-refractivity contribution in [2.45, 2.75) is 6.92 Å². The van der Waals surface area contributed by atoms with Crippen LogP contribution in [0.25, 0.3) is 0 Å². The quantitative estimate of drug-likeness (QED) is 0.350. The molecular formula is C10H5F4O4-. The SMILES string of the molecule is CCOC(=O)c1c(F)c(F)c(F)c(F)c1C(=O)[O-]. The lowest BCUT2D eigenvalue weighted by Crippen LogP contribution is -2.29. The van der Waals surface area contributed by atoms with E-state index in [1.54, 1.807) is 0 Å². The van der Waals surface area contributed by atoms with Crippen LogP contribution in [0, 0.1) is 23.3 Å². The average molecular weight is 265 g/mol. The Morgan fingerprint density at radius 2 is 1.44 bits per heavy atom. The van der Waals surface area contributed by atoms with Gasteiger partial charge in [-0.1, -0.05) is 0 Å². The summed E-state index contributed by atoms with van der Waals surface area (Å²) < 4.78 is 56.3. The molecule has 0 N–H and O–H groups in total. The van der Waals surface area contributed by atoms with Gasteiger partial charge < -0.3 is 14.6 Å². The van der Waals surface area contributed by atoms with E-state index in [2.05, 4.69) is 4.74 Å². The van der Waals surface area contributed by atoms with E-state index in [4.69, 9.17) is 0 Å². The van der Waals surface area contributed by atoms with Gasteiger partial charge in [0, 0.05) is 0 Å². The highest BCUT2D eigenvalue weighted by molar-refractivity contribution is 6.02. The summed E-state index contributed by atoms with van der Waals surface area (Å²) in [5, 5.41) is 10.6. The molecule has 98 valence electrons. The maximum Gasteiger partial charge on any atom is 0.342 e. The van der Waals surface area contributed by atoms with Gasteiger partial charge in [-0.3, -0.25) is 0 Å². The van der Waals surface area contributed by atoms with Crippen LogP contribution in [-0.2, 0) is 4.74 Å². The van der Waals surface area contributed by atoms with Gasteiger partial charge in [-0.25, -0.2) is 22.4 Å². The number of hydrogen-bond donors (Lipinski definition) is 0. The van der Waals surface area contributed by atoms with E-state index in [9.17, 15) is 32.3 Å². The molecule has 0 radical (unpaired) electrons. The number of carbonyl (C=O) groups is 2. The van der Waals surface area contributed by atoms with Crippen LogP contribution in [0.1, 0.15) is 27.6 Å². The predicted octanol–water partition coefficient (Wildman–Crippen LogP) is 0.783. The van der Waals surface area contributed by atoms with E-state index in [1.807, 2.05) is 0 Å². The van der Waals surface area contributed by atoms with Crippen LogP contribution in [0.4, 0.5) is 17.6 Å². The van der Waals surface area contributed by atoms with Gasteiger partial charge in [0.15, 0.2) is 23.3 Å². The average Bonchev–Trinajstić information content (AvgIpc) is 2.30. The molecule has 0 saturated heterocycles. The van der Waals surface area contributed by atoms with Crippen molar-refractivity contribution in [3.63, 3.8) is 0 Å². The third kappa shape index (κ3) is 2.13. The normalized spacial score (nSPS) is 10.3. The van der Waals surface area contributed by atoms with Gasteiger partial charge in [0.25, 0.3) is 0 Å². The van der Waals surface area contributed by atoms with E-state index in [0.29, 0.717) is 0 Å². The van der Waals surface area contributed by atoms with E-state index in [0.717, 1.165) is 0 Å². The van der Waals surface area contributed by atoms with E-state index in [1.165, 1.54) is 6.92 Å². The molecule has 4 nitrogen and oxygen atoms in total. The summed E-state index contributed by atoms with van der Waals surface area (Å²) in [7, 11) is 0. The molecule has 0 aliphatic heterocycles. The molecule has 8 heteroatoms. The zero-order valence-electron chi connectivity index (χ0n) is 8.85. The minimum absolute atomic E-state index is 0.300. The highest BCUT2D eigenvalue weighted by atomic mass is 19.2. The predicted molar refractivity (Wildman–Crippen MR) is 46.6 cm³/mol. The number of hydrogen-bond acceptors (Lipinski definition) is 4. The Morgan fingerprint density at radius 3 is 1.83 bits per heavy atom. The lowest BCUT2D eigenvalue weighted by molar-refractivity contribution is -0.255. The maximum atomic E-state index is 13.3. The molecule has 0 aliphatic carbocycles. The number of esters is 1. The molecule has 0 saturated carbocycles. The zero-order chi connectivity index (χ0) is 14.0. The molecule has 1 aromatic rings. The van der Waals surface area contributed by atoms with E-state index < -0.39 is 46.3 Å². The van der Waals surface area contributed by atoms with E-state index >= 15 is 0 Å². The number of ether oxygens (including phenoxy) is 1. The molecule has 1 aromatic carbocycles. The van der Waals surface area contributed by atoms with Gasteiger partial charge >= 0.3 is 5.97 Å². The van der Waals surface area contributed by atoms with Crippen LogP contribution in [-0.4, -0.2) is 18.5 Å². The van der Waals surface area contributed by atoms with Crippen LogP contribution < -0.4 is 5.11 Å². The standard InChI is InChI=1S/C10H6F4O4/c1-2-18-10(17)4-3(9(15)16)5(11)7(13)8(14)6(4)12/h2H2,1H3,(H,15,16)/p-1. The molecule has 0 bridgehead atoms. The second-order valence-corrected chi connectivity index (χ2v) is 3.01. The molecule has 0 amide bonds. The van der Waals surface area contributed by atoms with Crippen molar-refractivity contribution in [3.05, 3.63) is 34.4 Å². The van der Waals surface area contributed by atoms with Gasteiger partial charge in [0.2, 0.25) is 0 Å². The molecule has 0 aromatic heterocycles. The van der Waals surface area contributed by atoms with Crippen molar-refractivity contribution in [3.8, 4) is 0 Å². The highest BCUT2D eigenvalue weighted by Crippen LogP contribution is 2.24. The molecule has 0 heterocycles. The second-order valence-electron chi connectivity index (χ2n) is 3.01. The molecule has 0 aliphatic rings. The fourth-order valence-electron chi connectivity index (χ4n) is 1.22. The number of carboxylic acids is 1. The molecule has 0 atom stereocenters. The number of rotatable bonds is 3. The zero-order valence-corrected chi connectivity index (χ0v) is 8.85. The third-order valence-corrected chi connectivity index (χ3v) is 1.95. The number of aromatic carboxylic acids is 1. The monoisotopic (exact) mass is 265 g/mol. The van der Waals surface area contributed by atoms with Crippen LogP contribution in [0.15, 0.2) is 0 Å². The Bertz CT molecular complexity index is 527. The fourth-order valence-corrected chi connectivity index (χ4v) is 1.22. The van der Waals surface area contributed by atoms with Crippen molar-refractivity contribution in [2.75, 3.05) is 6.61 Å². The number of halogens is 4. The van der Waals surface area contributed by atoms with Crippen molar-refractivity contribution in [2.24, 2.45) is 0 Å². The van der Waals surface area contributed by atoms with Gasteiger partial charge in [0.05, 0.1) is 18.1 Å². The van der Waals surface area contributed by atoms with Crippen LogP contribution in [0.3, 0.4) is 0 Å². The Balaban J connectivity index is 3.67. The van der Waals surface area contributed by atoms with Gasteiger partial charge in [0.1, 0.15) is 5.56 Å². The maximum absolute atomic E-state index is 13.3. The minimum atomic E-state index is -2.37. The Labute approximate surface area is 97.8 Å². The largest absolute Gasteiger partial charge is 0.545 e. The van der Waals surface area contributed by atoms with Gasteiger partial charge in [-0.2, -0.15) is 0 Å². The topological polar surface area (TPSA) is 66.4 Å². The molecule has 0 spiro atoms. The summed E-state index contributed by atoms with van der Waals surface area (Å²) >= 11 is 0. The van der Waals surface area contributed by atoms with Crippen LogP contribution in [0.2, 0.25) is 0 Å². The Kier molecular flexibility index (Phi) is 3.89. The van der Waals surface area contributed by atoms with Crippen molar-refractivity contribution >= 4 is 11.9 Å². The first-order valence-electron chi connectivity index (χ1n) is 4.57. The van der Waals surface area contributed by atoms with Crippen molar-refractivity contribution < 1.29 is 37.0 Å². The van der Waals surface area contributed by atoms with Gasteiger partial charge in [-0.15, -0.1) is 0 Å². The summed E-state index contributed by atoms with van der Waals surface area (Å²) in [4.78, 5) is 21.7. The smallest absolute Gasteiger partial charge is 0.342 e. The third-order valence-electron chi connectivity index (χ3n) is 1.95. The molecular weight excluding hydrogens is 260 g/mol. The number of carbonyl (C=O) groups excluding carboxylic acids is 2. The van der Waals surface area contributed by atoms with Crippen molar-refractivity contribution in [1.82, 2.24) is 0 Å². The lowest BCUT2D eigenvalue weighted by atomic mass is 10.1. The summed E-state index contributed by atoms with van der Waals surface area (Å²) in [5.74, 6) is -13.0. The molecule has 0 unspecified atom stereocenters. The summed E-state index contributed by atoms with van der Waals surface area (Å²) in [6.07, 6.45) is 0. The van der Waals surface area contributed by atoms with Crippen molar-refractivity contribution in [1.29, 1.82) is 0 Å². The van der Waals surface area contributed by atoms with Crippen LogP contribution >= 0.6 is 0 Å². The summed E-state index contributed by atoms with van der Waals surface area (Å²) in [5.41, 5.74) is -3.27. The van der Waals surface area contributed by atoms with Crippen LogP contribution in [0.5, 0.6) is 0 Å². The van der Waals surface area contributed by atoms with Gasteiger partial charge in [-0.05, 0) is 6.92 Å². The minimum Gasteiger partial charge on any atom is -0.545 e. The first kappa shape index (κ1) is 13.9. The number of benzene rings is 1. The molecule has 0 fully saturated rings. The van der Waals surface area contributed by atoms with E-state index in [-0.39, 0.29) is 6.61 Å². The lowest BCUT2D eigenvalue weighted by Gasteiger charge is -2.12. The summed E-state index contributed by atoms with van der Waals surface area (Å²) in [6, 6.07) is 0. The Morgan fingerprint density at radius 1 is 1.00 bits per heavy atom. The molecule has 18 heavy (non-hydrogen) atoms. The first-order chi connectivity index (χ1) is 8.32. The fraction of sp³-hybridized carbons (Fsp3) is 0.200. The summed E-state index contributed by atoms with van der Waals surface area (Å²) in [6.45, 7) is 0.996. The Hall–Kier alpha value is -2.12. The molecule has 1 rings (SSSR count). The highest BCUT2D eigenvalue weighted by Gasteiger charge is 2.30. The number of carboxylic acid groups (broad SMARTS) is 1.